The molecule has 1 saturated carbocycles. The molecule has 0 bridgehead atoms. The Balaban J connectivity index is 1.85. The molecule has 0 atom stereocenters. The van der Waals surface area contributed by atoms with Crippen LogP contribution in [0.5, 0.6) is 5.75 Å². The zero-order chi connectivity index (χ0) is 15.0. The van der Waals surface area contributed by atoms with E-state index in [4.69, 9.17) is 10.5 Å². The van der Waals surface area contributed by atoms with Crippen LogP contribution in [-0.2, 0) is 6.18 Å². The summed E-state index contributed by atoms with van der Waals surface area (Å²) in [6, 6.07) is 10.6. The van der Waals surface area contributed by atoms with Crippen molar-refractivity contribution in [2.45, 2.75) is 25.1 Å². The molecule has 0 radical (unpaired) electrons. The molecule has 110 valence electrons. The van der Waals surface area contributed by atoms with Crippen molar-refractivity contribution in [1.29, 1.82) is 0 Å². The molecule has 0 saturated heterocycles. The van der Waals surface area contributed by atoms with Gasteiger partial charge >= 0.3 is 6.18 Å². The molecule has 3 rings (SSSR count). The molecular weight excluding hydrogens is 279 g/mol. The number of ether oxygens (including phenoxy) is 1. The molecule has 0 amide bonds. The lowest BCUT2D eigenvalue weighted by atomic mass is 10.0. The molecule has 2 aromatic rings. The van der Waals surface area contributed by atoms with Crippen molar-refractivity contribution in [3.05, 3.63) is 48.0 Å². The van der Waals surface area contributed by atoms with Crippen molar-refractivity contribution in [1.82, 2.24) is 0 Å². The van der Waals surface area contributed by atoms with E-state index >= 15 is 0 Å². The third kappa shape index (κ3) is 3.12. The number of halogens is 3. The predicted molar refractivity (Wildman–Crippen MR) is 74.9 cm³/mol. The van der Waals surface area contributed by atoms with E-state index in [1.165, 1.54) is 6.07 Å². The quantitative estimate of drug-likeness (QED) is 0.846. The first-order valence-electron chi connectivity index (χ1n) is 6.67. The van der Waals surface area contributed by atoms with Gasteiger partial charge in [0, 0.05) is 11.3 Å². The van der Waals surface area contributed by atoms with Gasteiger partial charge in [-0.1, -0.05) is 18.2 Å². The Kier molecular flexibility index (Phi) is 3.27. The van der Waals surface area contributed by atoms with Crippen LogP contribution >= 0.6 is 0 Å². The van der Waals surface area contributed by atoms with Crippen LogP contribution in [0.1, 0.15) is 18.4 Å². The number of hydrogen-bond acceptors (Lipinski definition) is 2. The Labute approximate surface area is 120 Å². The summed E-state index contributed by atoms with van der Waals surface area (Å²) in [4.78, 5) is 0. The fourth-order valence-corrected chi connectivity index (χ4v) is 2.09. The van der Waals surface area contributed by atoms with E-state index in [1.807, 2.05) is 12.1 Å². The number of nitrogen functional groups attached to an aromatic ring is 1. The van der Waals surface area contributed by atoms with E-state index in [0.717, 1.165) is 36.3 Å². The smallest absolute Gasteiger partial charge is 0.416 e. The number of benzene rings is 2. The lowest BCUT2D eigenvalue weighted by Gasteiger charge is -2.11. The summed E-state index contributed by atoms with van der Waals surface area (Å²) in [5, 5.41) is 0. The third-order valence-electron chi connectivity index (χ3n) is 3.37. The van der Waals surface area contributed by atoms with Crippen LogP contribution in [0.25, 0.3) is 11.1 Å². The van der Waals surface area contributed by atoms with Crippen LogP contribution in [0.2, 0.25) is 0 Å². The predicted octanol–water partition coefficient (Wildman–Crippen LogP) is 4.50. The Bertz CT molecular complexity index is 646. The number of rotatable bonds is 3. The minimum absolute atomic E-state index is 0.112. The van der Waals surface area contributed by atoms with Crippen molar-refractivity contribution in [3.63, 3.8) is 0 Å². The van der Waals surface area contributed by atoms with Gasteiger partial charge < -0.3 is 10.5 Å². The average molecular weight is 293 g/mol. The van der Waals surface area contributed by atoms with Crippen molar-refractivity contribution in [3.8, 4) is 16.9 Å². The fraction of sp³-hybridized carbons (Fsp3) is 0.250. The highest BCUT2D eigenvalue weighted by Crippen LogP contribution is 2.35. The Morgan fingerprint density at radius 1 is 1.00 bits per heavy atom. The first-order valence-corrected chi connectivity index (χ1v) is 6.67. The summed E-state index contributed by atoms with van der Waals surface area (Å²) in [7, 11) is 0. The number of alkyl halides is 3. The van der Waals surface area contributed by atoms with E-state index in [9.17, 15) is 13.2 Å². The Morgan fingerprint density at radius 3 is 2.19 bits per heavy atom. The summed E-state index contributed by atoms with van der Waals surface area (Å²) in [5.74, 6) is 0.770. The van der Waals surface area contributed by atoms with Gasteiger partial charge in [-0.25, -0.2) is 0 Å². The lowest BCUT2D eigenvalue weighted by molar-refractivity contribution is -0.137. The highest BCUT2D eigenvalue weighted by atomic mass is 19.4. The molecule has 1 aliphatic rings. The first kappa shape index (κ1) is 13.8. The number of nitrogens with two attached hydrogens (primary N) is 1. The maximum Gasteiger partial charge on any atom is 0.416 e. The van der Waals surface area contributed by atoms with E-state index in [-0.39, 0.29) is 5.69 Å². The zero-order valence-electron chi connectivity index (χ0n) is 11.2. The Hall–Kier alpha value is -2.17. The van der Waals surface area contributed by atoms with Gasteiger partial charge in [0.15, 0.2) is 0 Å². The molecule has 1 aliphatic carbocycles. The summed E-state index contributed by atoms with van der Waals surface area (Å²) in [6.45, 7) is 0. The molecule has 2 aromatic carbocycles. The van der Waals surface area contributed by atoms with E-state index < -0.39 is 11.7 Å². The second-order valence-electron chi connectivity index (χ2n) is 5.14. The van der Waals surface area contributed by atoms with E-state index in [1.54, 1.807) is 12.1 Å². The molecule has 2 nitrogen and oxygen atoms in total. The zero-order valence-corrected chi connectivity index (χ0v) is 11.2. The lowest BCUT2D eigenvalue weighted by Crippen LogP contribution is -2.06. The van der Waals surface area contributed by atoms with Crippen molar-refractivity contribution in [2.75, 3.05) is 5.73 Å². The molecule has 0 unspecified atom stereocenters. The van der Waals surface area contributed by atoms with Gasteiger partial charge in [-0.3, -0.25) is 0 Å². The molecule has 0 aliphatic heterocycles. The molecular formula is C16H14F3NO. The van der Waals surface area contributed by atoms with Crippen molar-refractivity contribution < 1.29 is 17.9 Å². The first-order chi connectivity index (χ1) is 9.93. The maximum atomic E-state index is 12.6. The van der Waals surface area contributed by atoms with E-state index in [0.29, 0.717) is 11.7 Å². The largest absolute Gasteiger partial charge is 0.490 e. The van der Waals surface area contributed by atoms with Crippen LogP contribution in [-0.4, -0.2) is 6.10 Å². The fourth-order valence-electron chi connectivity index (χ4n) is 2.09. The van der Waals surface area contributed by atoms with Crippen molar-refractivity contribution in [2.24, 2.45) is 0 Å². The second-order valence-corrected chi connectivity index (χ2v) is 5.14. The Morgan fingerprint density at radius 2 is 1.67 bits per heavy atom. The van der Waals surface area contributed by atoms with Crippen molar-refractivity contribution >= 4 is 5.69 Å². The minimum Gasteiger partial charge on any atom is -0.490 e. The average Bonchev–Trinajstić information content (AvgIpc) is 3.23. The molecule has 0 aromatic heterocycles. The number of hydrogen-bond donors (Lipinski definition) is 1. The van der Waals surface area contributed by atoms with Crippen LogP contribution in [0.15, 0.2) is 42.5 Å². The summed E-state index contributed by atoms with van der Waals surface area (Å²) < 4.78 is 43.5. The molecule has 2 N–H and O–H groups in total. The van der Waals surface area contributed by atoms with Crippen LogP contribution < -0.4 is 10.5 Å². The molecule has 21 heavy (non-hydrogen) atoms. The topological polar surface area (TPSA) is 35.2 Å². The highest BCUT2D eigenvalue weighted by Gasteiger charge is 2.30. The van der Waals surface area contributed by atoms with Crippen LogP contribution in [0.3, 0.4) is 0 Å². The minimum atomic E-state index is -4.38. The van der Waals surface area contributed by atoms with Gasteiger partial charge in [0.2, 0.25) is 0 Å². The van der Waals surface area contributed by atoms with Gasteiger partial charge in [0.1, 0.15) is 5.75 Å². The van der Waals surface area contributed by atoms with Gasteiger partial charge in [-0.15, -0.1) is 0 Å². The van der Waals surface area contributed by atoms with E-state index in [2.05, 4.69) is 0 Å². The van der Waals surface area contributed by atoms with Gasteiger partial charge in [0.25, 0.3) is 0 Å². The number of anilines is 1. The third-order valence-corrected chi connectivity index (χ3v) is 3.37. The summed E-state index contributed by atoms with van der Waals surface area (Å²) >= 11 is 0. The summed E-state index contributed by atoms with van der Waals surface area (Å²) in [6.07, 6.45) is -1.91. The standard InChI is InChI=1S/C16H14F3NO/c17-16(18,19)11-3-8-14(15(20)9-11)10-1-4-12(5-2-10)21-13-6-7-13/h1-5,8-9,13H,6-7,20H2. The van der Waals surface area contributed by atoms with Crippen LogP contribution in [0.4, 0.5) is 18.9 Å². The maximum absolute atomic E-state index is 12.6. The van der Waals surface area contributed by atoms with Gasteiger partial charge in [0.05, 0.1) is 11.7 Å². The monoisotopic (exact) mass is 293 g/mol. The van der Waals surface area contributed by atoms with Gasteiger partial charge in [-0.05, 0) is 42.7 Å². The van der Waals surface area contributed by atoms with Crippen LogP contribution in [0, 0.1) is 0 Å². The molecule has 0 spiro atoms. The second kappa shape index (κ2) is 4.98. The summed E-state index contributed by atoms with van der Waals surface area (Å²) in [5.41, 5.74) is 6.47. The molecule has 1 fully saturated rings. The normalized spacial score (nSPS) is 15.0. The molecule has 0 heterocycles. The highest BCUT2D eigenvalue weighted by molar-refractivity contribution is 5.77. The van der Waals surface area contributed by atoms with Gasteiger partial charge in [-0.2, -0.15) is 13.2 Å². The SMILES string of the molecule is Nc1cc(C(F)(F)F)ccc1-c1ccc(OC2CC2)cc1. The molecule has 5 heteroatoms.